The van der Waals surface area contributed by atoms with Gasteiger partial charge in [0.1, 0.15) is 25.0 Å². The van der Waals surface area contributed by atoms with Crippen LogP contribution >= 0.6 is 22.7 Å². The molecule has 32 heavy (non-hydrogen) atoms. The highest BCUT2D eigenvalue weighted by Crippen LogP contribution is 2.37. The van der Waals surface area contributed by atoms with Crippen LogP contribution in [0.3, 0.4) is 0 Å². The van der Waals surface area contributed by atoms with E-state index in [4.69, 9.17) is 9.47 Å². The zero-order valence-corrected chi connectivity index (χ0v) is 21.2. The number of hydrogen-bond donors (Lipinski definition) is 1. The minimum atomic E-state index is -1.73. The lowest BCUT2D eigenvalue weighted by molar-refractivity contribution is -0.915. The molecule has 0 bridgehead atoms. The van der Waals surface area contributed by atoms with Crippen molar-refractivity contribution in [2.45, 2.75) is 24.5 Å². The molecule has 0 saturated carbocycles. The highest BCUT2D eigenvalue weighted by atomic mass is 79.9. The number of aliphatic hydroxyl groups is 1. The first-order valence-corrected chi connectivity index (χ1v) is 12.3. The molecule has 0 spiro atoms. The molecule has 3 aromatic rings. The number of quaternary nitrogens is 1. The first-order chi connectivity index (χ1) is 15.0. The van der Waals surface area contributed by atoms with Crippen molar-refractivity contribution in [2.24, 2.45) is 0 Å². The maximum atomic E-state index is 13.1. The van der Waals surface area contributed by atoms with Crippen molar-refractivity contribution >= 4 is 28.6 Å². The highest BCUT2D eigenvalue weighted by Gasteiger charge is 2.45. The molecular formula is C24H28BrNO4S2. The lowest BCUT2D eigenvalue weighted by Gasteiger charge is -2.40. The van der Waals surface area contributed by atoms with Crippen LogP contribution in [0.4, 0.5) is 0 Å². The number of ether oxygens (including phenoxy) is 2. The van der Waals surface area contributed by atoms with Crippen LogP contribution in [0.25, 0.3) is 0 Å². The van der Waals surface area contributed by atoms with Crippen LogP contribution in [0.15, 0.2) is 65.4 Å². The number of esters is 1. The van der Waals surface area contributed by atoms with Gasteiger partial charge in [-0.1, -0.05) is 30.3 Å². The number of nitrogens with zero attached hydrogens (tertiary/aromatic N) is 1. The molecule has 172 valence electrons. The van der Waals surface area contributed by atoms with Crippen LogP contribution in [0.1, 0.15) is 22.6 Å². The van der Waals surface area contributed by atoms with E-state index in [1.807, 2.05) is 53.2 Å². The lowest BCUT2D eigenvalue weighted by atomic mass is 9.99. The van der Waals surface area contributed by atoms with Crippen molar-refractivity contribution in [2.75, 3.05) is 33.3 Å². The van der Waals surface area contributed by atoms with Gasteiger partial charge in [0.2, 0.25) is 5.60 Å². The summed E-state index contributed by atoms with van der Waals surface area (Å²) in [6.07, 6.45) is 1.37. The molecule has 0 radical (unpaired) electrons. The minimum Gasteiger partial charge on any atom is -1.00 e. The van der Waals surface area contributed by atoms with Gasteiger partial charge in [-0.2, -0.15) is 0 Å². The van der Waals surface area contributed by atoms with Gasteiger partial charge in [0, 0.05) is 12.8 Å². The smallest absolute Gasteiger partial charge is 0.349 e. The summed E-state index contributed by atoms with van der Waals surface area (Å²) in [6, 6.07) is 17.1. The second-order valence-electron chi connectivity index (χ2n) is 8.22. The number of halogens is 1. The van der Waals surface area contributed by atoms with Gasteiger partial charge in [0.25, 0.3) is 0 Å². The Labute approximate surface area is 207 Å². The molecule has 8 heteroatoms. The summed E-state index contributed by atoms with van der Waals surface area (Å²) < 4.78 is 12.6. The molecule has 0 amide bonds. The van der Waals surface area contributed by atoms with E-state index in [1.165, 1.54) is 22.7 Å². The van der Waals surface area contributed by atoms with E-state index in [9.17, 15) is 9.90 Å². The fourth-order valence-corrected chi connectivity index (χ4v) is 5.65. The van der Waals surface area contributed by atoms with E-state index < -0.39 is 11.6 Å². The number of thiophene rings is 2. The van der Waals surface area contributed by atoms with Gasteiger partial charge in [-0.25, -0.2) is 4.79 Å². The Bertz CT molecular complexity index is 921. The fourth-order valence-electron chi connectivity index (χ4n) is 3.94. The number of benzene rings is 1. The summed E-state index contributed by atoms with van der Waals surface area (Å²) in [5.41, 5.74) is -1.73. The Kier molecular flexibility index (Phi) is 8.52. The Morgan fingerprint density at radius 3 is 2.16 bits per heavy atom. The number of carbonyl (C=O) groups is 1. The molecule has 1 aromatic carbocycles. The van der Waals surface area contributed by atoms with Crippen molar-refractivity contribution in [3.05, 3.63) is 75.1 Å². The van der Waals surface area contributed by atoms with Crippen LogP contribution < -0.4 is 21.7 Å². The molecule has 1 aliphatic heterocycles. The molecule has 0 aliphatic carbocycles. The van der Waals surface area contributed by atoms with E-state index in [-0.39, 0.29) is 23.1 Å². The molecular weight excluding hydrogens is 510 g/mol. The monoisotopic (exact) mass is 537 g/mol. The van der Waals surface area contributed by atoms with Gasteiger partial charge in [-0.3, -0.25) is 0 Å². The summed E-state index contributed by atoms with van der Waals surface area (Å²) in [4.78, 5) is 14.3. The lowest BCUT2D eigenvalue weighted by Crippen LogP contribution is -3.00. The topological polar surface area (TPSA) is 55.8 Å². The average Bonchev–Trinajstić information content (AvgIpc) is 3.51. The Morgan fingerprint density at radius 1 is 1.03 bits per heavy atom. The zero-order chi connectivity index (χ0) is 21.7. The maximum absolute atomic E-state index is 13.1. The van der Waals surface area contributed by atoms with Crippen molar-refractivity contribution in [1.82, 2.24) is 0 Å². The van der Waals surface area contributed by atoms with E-state index >= 15 is 0 Å². The third-order valence-corrected chi connectivity index (χ3v) is 7.91. The Balaban J connectivity index is 0.00000289. The van der Waals surface area contributed by atoms with Crippen molar-refractivity contribution in [3.8, 4) is 5.75 Å². The second-order valence-corrected chi connectivity index (χ2v) is 10.1. The van der Waals surface area contributed by atoms with Crippen LogP contribution in [-0.4, -0.2) is 55.0 Å². The molecule has 1 fully saturated rings. The number of hydrogen-bond acceptors (Lipinski definition) is 6. The number of piperidine rings is 1. The van der Waals surface area contributed by atoms with Gasteiger partial charge < -0.3 is 36.0 Å². The second kappa shape index (κ2) is 10.9. The van der Waals surface area contributed by atoms with Crippen LogP contribution in [0, 0.1) is 0 Å². The zero-order valence-electron chi connectivity index (χ0n) is 18.0. The largest absolute Gasteiger partial charge is 1.00 e. The molecule has 1 saturated heterocycles. The van der Waals surface area contributed by atoms with E-state index in [2.05, 4.69) is 7.05 Å². The first-order valence-electron chi connectivity index (χ1n) is 10.5. The summed E-state index contributed by atoms with van der Waals surface area (Å²) in [5.74, 6) is 0.310. The summed E-state index contributed by atoms with van der Waals surface area (Å²) in [5, 5.41) is 15.1. The van der Waals surface area contributed by atoms with Crippen LogP contribution in [0.2, 0.25) is 0 Å². The summed E-state index contributed by atoms with van der Waals surface area (Å²) in [6.45, 7) is 3.38. The third kappa shape index (κ3) is 5.61. The Morgan fingerprint density at radius 2 is 1.62 bits per heavy atom. The van der Waals surface area contributed by atoms with Crippen molar-refractivity contribution < 1.29 is 40.8 Å². The fraction of sp³-hybridized carbons (Fsp3) is 0.375. The van der Waals surface area contributed by atoms with Crippen molar-refractivity contribution in [3.63, 3.8) is 0 Å². The number of likely N-dealkylation sites (N-methyl/N-ethyl adjacent to an activating group) is 1. The van der Waals surface area contributed by atoms with Gasteiger partial charge in [0.15, 0.2) is 0 Å². The number of para-hydroxylation sites is 1. The standard InChI is InChI=1S/C24H28NO4S2.BrH/c1-25(15-16-28-19-7-3-2-4-8-19)13-11-20(12-14-25)29-23(26)24(27,21-9-5-17-30-21)22-10-6-18-31-22;/h2-10,17-18,20,27H,11-16H2,1H3;1H/q+1;/p-1/t20-,25-;. The summed E-state index contributed by atoms with van der Waals surface area (Å²) in [7, 11) is 2.22. The molecule has 1 aliphatic rings. The SMILES string of the molecule is C[N@+]1(CCOc2ccccc2)CC[C@H](OC(=O)C(O)(c2cccs2)c2cccs2)CC1.[Br-]. The minimum absolute atomic E-state index is 0. The third-order valence-electron chi connectivity index (χ3n) is 5.95. The van der Waals surface area contributed by atoms with E-state index in [0.717, 1.165) is 42.7 Å². The average molecular weight is 539 g/mol. The van der Waals surface area contributed by atoms with Gasteiger partial charge in [-0.05, 0) is 35.0 Å². The van der Waals surface area contributed by atoms with Crippen molar-refractivity contribution in [1.29, 1.82) is 0 Å². The molecule has 0 atom stereocenters. The maximum Gasteiger partial charge on any atom is 0.349 e. The molecule has 1 N–H and O–H groups in total. The number of carbonyl (C=O) groups excluding carboxylic acids is 1. The first kappa shape index (κ1) is 24.9. The normalized spacial score (nSPS) is 20.9. The molecule has 0 unspecified atom stereocenters. The van der Waals surface area contributed by atoms with Crippen LogP contribution in [0.5, 0.6) is 5.75 Å². The van der Waals surface area contributed by atoms with E-state index in [0.29, 0.717) is 16.4 Å². The molecule has 2 aromatic heterocycles. The quantitative estimate of drug-likeness (QED) is 0.347. The Hall–Kier alpha value is -1.71. The summed E-state index contributed by atoms with van der Waals surface area (Å²) >= 11 is 2.73. The van der Waals surface area contributed by atoms with Crippen LogP contribution in [-0.2, 0) is 15.1 Å². The molecule has 5 nitrogen and oxygen atoms in total. The molecule has 3 heterocycles. The predicted octanol–water partition coefficient (Wildman–Crippen LogP) is 1.28. The van der Waals surface area contributed by atoms with Gasteiger partial charge in [0.05, 0.1) is 29.9 Å². The number of rotatable bonds is 8. The number of likely N-dealkylation sites (tertiary alicyclic amines) is 1. The van der Waals surface area contributed by atoms with Gasteiger partial charge >= 0.3 is 5.97 Å². The predicted molar refractivity (Wildman–Crippen MR) is 123 cm³/mol. The van der Waals surface area contributed by atoms with E-state index in [1.54, 1.807) is 12.1 Å². The molecule has 4 rings (SSSR count). The van der Waals surface area contributed by atoms with Gasteiger partial charge in [-0.15, -0.1) is 22.7 Å². The highest BCUT2D eigenvalue weighted by molar-refractivity contribution is 7.12.